The van der Waals surface area contributed by atoms with Crippen molar-refractivity contribution in [2.75, 3.05) is 36.4 Å². The largest absolute Gasteiger partial charge is 0.362 e. The second kappa shape index (κ2) is 9.06. The van der Waals surface area contributed by atoms with Crippen molar-refractivity contribution in [2.24, 2.45) is 0 Å². The maximum absolute atomic E-state index is 13.2. The van der Waals surface area contributed by atoms with Gasteiger partial charge in [0.15, 0.2) is 0 Å². The number of halogens is 1. The van der Waals surface area contributed by atoms with Crippen LogP contribution in [0.4, 0.5) is 22.7 Å². The molecule has 7 nitrogen and oxygen atoms in total. The molecule has 1 aliphatic heterocycles. The molecule has 3 aromatic rings. The predicted octanol–water partition coefficient (Wildman–Crippen LogP) is 4.95. The molecule has 31 heavy (non-hydrogen) atoms. The summed E-state index contributed by atoms with van der Waals surface area (Å²) in [4.78, 5) is 27.9. The van der Waals surface area contributed by atoms with Crippen molar-refractivity contribution in [1.82, 2.24) is 4.90 Å². The highest BCUT2D eigenvalue weighted by Crippen LogP contribution is 2.32. The molecule has 0 atom stereocenters. The molecule has 3 aromatic carbocycles. The summed E-state index contributed by atoms with van der Waals surface area (Å²) in [5, 5.41) is 15.0. The molecule has 4 rings (SSSR count). The van der Waals surface area contributed by atoms with Gasteiger partial charge in [0, 0.05) is 43.0 Å². The molecular formula is C23H21ClN4O3. The zero-order valence-corrected chi connectivity index (χ0v) is 17.5. The van der Waals surface area contributed by atoms with Crippen LogP contribution in [-0.4, -0.2) is 41.9 Å². The van der Waals surface area contributed by atoms with Gasteiger partial charge in [-0.1, -0.05) is 41.9 Å². The molecule has 0 aromatic heterocycles. The highest BCUT2D eigenvalue weighted by molar-refractivity contribution is 6.30. The van der Waals surface area contributed by atoms with Crippen LogP contribution in [0.2, 0.25) is 5.02 Å². The standard InChI is InChI=1S/C23H21ClN4O3/c24-17-10-11-21(22(16-17)28(30)31)26-12-14-27(15-13-26)23(29)19-8-4-5-9-20(19)25-18-6-2-1-3-7-18/h1-11,16,25H,12-15H2. The van der Waals surface area contributed by atoms with E-state index in [1.54, 1.807) is 17.0 Å². The van der Waals surface area contributed by atoms with Gasteiger partial charge < -0.3 is 15.1 Å². The number of carbonyl (C=O) groups is 1. The molecule has 0 unspecified atom stereocenters. The number of nitrogens with zero attached hydrogens (tertiary/aromatic N) is 3. The molecule has 8 heteroatoms. The first-order valence-electron chi connectivity index (χ1n) is 9.92. The van der Waals surface area contributed by atoms with Crippen molar-refractivity contribution in [1.29, 1.82) is 0 Å². The number of hydrogen-bond donors (Lipinski definition) is 1. The lowest BCUT2D eigenvalue weighted by molar-refractivity contribution is -0.384. The molecule has 0 spiro atoms. The van der Waals surface area contributed by atoms with Crippen LogP contribution in [0.5, 0.6) is 0 Å². The summed E-state index contributed by atoms with van der Waals surface area (Å²) >= 11 is 5.92. The number of anilines is 3. The minimum Gasteiger partial charge on any atom is -0.362 e. The first-order chi connectivity index (χ1) is 15.0. The molecule has 0 bridgehead atoms. The van der Waals surface area contributed by atoms with Gasteiger partial charge in [0.05, 0.1) is 16.2 Å². The number of nitro groups is 1. The number of nitro benzene ring substituents is 1. The molecule has 1 N–H and O–H groups in total. The third-order valence-electron chi connectivity index (χ3n) is 5.25. The fraction of sp³-hybridized carbons (Fsp3) is 0.174. The van der Waals surface area contributed by atoms with E-state index in [-0.39, 0.29) is 11.6 Å². The zero-order valence-electron chi connectivity index (χ0n) is 16.7. The third-order valence-corrected chi connectivity index (χ3v) is 5.49. The molecule has 1 heterocycles. The summed E-state index contributed by atoms with van der Waals surface area (Å²) in [5.41, 5.74) is 2.74. The SMILES string of the molecule is O=C(c1ccccc1Nc1ccccc1)N1CCN(c2ccc(Cl)cc2[N+](=O)[O-])CC1. The molecule has 1 amide bonds. The average Bonchev–Trinajstić information content (AvgIpc) is 2.80. The van der Waals surface area contributed by atoms with Crippen LogP contribution in [0.25, 0.3) is 0 Å². The van der Waals surface area contributed by atoms with Gasteiger partial charge in [0.25, 0.3) is 11.6 Å². The molecule has 0 radical (unpaired) electrons. The fourth-order valence-corrected chi connectivity index (χ4v) is 3.85. The molecular weight excluding hydrogens is 416 g/mol. The summed E-state index contributed by atoms with van der Waals surface area (Å²) in [6.07, 6.45) is 0. The van der Waals surface area contributed by atoms with Crippen molar-refractivity contribution in [3.8, 4) is 0 Å². The van der Waals surface area contributed by atoms with Gasteiger partial charge in [-0.2, -0.15) is 0 Å². The Kier molecular flexibility index (Phi) is 6.04. The number of hydrogen-bond acceptors (Lipinski definition) is 5. The summed E-state index contributed by atoms with van der Waals surface area (Å²) in [5.74, 6) is -0.0655. The Bertz CT molecular complexity index is 1100. The number of para-hydroxylation sites is 2. The number of amides is 1. The van der Waals surface area contributed by atoms with Crippen molar-refractivity contribution in [3.63, 3.8) is 0 Å². The third kappa shape index (κ3) is 4.62. The lowest BCUT2D eigenvalue weighted by Gasteiger charge is -2.36. The van der Waals surface area contributed by atoms with Gasteiger partial charge in [-0.25, -0.2) is 0 Å². The summed E-state index contributed by atoms with van der Waals surface area (Å²) in [7, 11) is 0. The van der Waals surface area contributed by atoms with Crippen molar-refractivity contribution >= 4 is 40.3 Å². The van der Waals surface area contributed by atoms with Gasteiger partial charge >= 0.3 is 0 Å². The monoisotopic (exact) mass is 436 g/mol. The minimum atomic E-state index is -0.426. The summed E-state index contributed by atoms with van der Waals surface area (Å²) in [6, 6.07) is 21.8. The number of nitrogens with one attached hydrogen (secondary N) is 1. The quantitative estimate of drug-likeness (QED) is 0.452. The number of carbonyl (C=O) groups excluding carboxylic acids is 1. The first-order valence-corrected chi connectivity index (χ1v) is 10.3. The molecule has 1 aliphatic rings. The highest BCUT2D eigenvalue weighted by Gasteiger charge is 2.27. The van der Waals surface area contributed by atoms with Gasteiger partial charge in [0.2, 0.25) is 0 Å². The van der Waals surface area contributed by atoms with Crippen LogP contribution in [0.1, 0.15) is 10.4 Å². The van der Waals surface area contributed by atoms with Crippen molar-refractivity contribution in [2.45, 2.75) is 0 Å². The Morgan fingerprint density at radius 1 is 0.935 bits per heavy atom. The van der Waals surface area contributed by atoms with Crippen LogP contribution < -0.4 is 10.2 Å². The maximum Gasteiger partial charge on any atom is 0.294 e. The van der Waals surface area contributed by atoms with Crippen LogP contribution in [0.15, 0.2) is 72.8 Å². The van der Waals surface area contributed by atoms with Crippen LogP contribution in [-0.2, 0) is 0 Å². The first kappa shape index (κ1) is 20.7. The van der Waals surface area contributed by atoms with E-state index in [1.807, 2.05) is 59.5 Å². The Morgan fingerprint density at radius 2 is 1.61 bits per heavy atom. The Balaban J connectivity index is 1.48. The Hall–Kier alpha value is -3.58. The summed E-state index contributed by atoms with van der Waals surface area (Å²) in [6.45, 7) is 1.95. The van der Waals surface area contributed by atoms with Crippen molar-refractivity contribution in [3.05, 3.63) is 93.5 Å². The molecule has 1 saturated heterocycles. The molecule has 0 saturated carbocycles. The van der Waals surface area contributed by atoms with E-state index in [1.165, 1.54) is 6.07 Å². The number of rotatable bonds is 5. The zero-order chi connectivity index (χ0) is 21.8. The van der Waals surface area contributed by atoms with E-state index >= 15 is 0 Å². The lowest BCUT2D eigenvalue weighted by atomic mass is 10.1. The van der Waals surface area contributed by atoms with Gasteiger partial charge in [-0.05, 0) is 36.4 Å². The number of piperazine rings is 1. The van der Waals surface area contributed by atoms with E-state index in [9.17, 15) is 14.9 Å². The van der Waals surface area contributed by atoms with Crippen LogP contribution in [0.3, 0.4) is 0 Å². The molecule has 158 valence electrons. The van der Waals surface area contributed by atoms with Gasteiger partial charge in [0.1, 0.15) is 5.69 Å². The van der Waals surface area contributed by atoms with E-state index in [4.69, 9.17) is 11.6 Å². The molecule has 1 fully saturated rings. The van der Waals surface area contributed by atoms with E-state index in [0.29, 0.717) is 42.5 Å². The maximum atomic E-state index is 13.2. The topological polar surface area (TPSA) is 78.7 Å². The van der Waals surface area contributed by atoms with Gasteiger partial charge in [-0.3, -0.25) is 14.9 Å². The second-order valence-electron chi connectivity index (χ2n) is 7.21. The Labute approximate surface area is 185 Å². The highest BCUT2D eigenvalue weighted by atomic mass is 35.5. The second-order valence-corrected chi connectivity index (χ2v) is 7.64. The minimum absolute atomic E-state index is 0.0234. The normalized spacial score (nSPS) is 13.7. The van der Waals surface area contributed by atoms with E-state index in [0.717, 1.165) is 11.4 Å². The predicted molar refractivity (Wildman–Crippen MR) is 122 cm³/mol. The lowest BCUT2D eigenvalue weighted by Crippen LogP contribution is -2.49. The van der Waals surface area contributed by atoms with E-state index in [2.05, 4.69) is 5.32 Å². The van der Waals surface area contributed by atoms with Gasteiger partial charge in [-0.15, -0.1) is 0 Å². The molecule has 0 aliphatic carbocycles. The van der Waals surface area contributed by atoms with Crippen LogP contribution in [0, 0.1) is 10.1 Å². The van der Waals surface area contributed by atoms with Crippen molar-refractivity contribution < 1.29 is 9.72 Å². The fourth-order valence-electron chi connectivity index (χ4n) is 3.69. The smallest absolute Gasteiger partial charge is 0.294 e. The average molecular weight is 437 g/mol. The van der Waals surface area contributed by atoms with E-state index < -0.39 is 4.92 Å². The summed E-state index contributed by atoms with van der Waals surface area (Å²) < 4.78 is 0. The van der Waals surface area contributed by atoms with Crippen LogP contribution >= 0.6 is 11.6 Å². The number of benzene rings is 3. The Morgan fingerprint density at radius 3 is 2.32 bits per heavy atom.